The van der Waals surface area contributed by atoms with E-state index in [1.165, 1.54) is 0 Å². The van der Waals surface area contributed by atoms with Crippen molar-refractivity contribution in [3.8, 4) is 11.5 Å². The Balaban J connectivity index is 2.06. The number of pyridine rings is 1. The van der Waals surface area contributed by atoms with Crippen LogP contribution in [-0.2, 0) is 0 Å². The van der Waals surface area contributed by atoms with Crippen LogP contribution in [0.5, 0.6) is 11.5 Å². The van der Waals surface area contributed by atoms with E-state index in [1.54, 1.807) is 0 Å². The van der Waals surface area contributed by atoms with Crippen molar-refractivity contribution in [1.82, 2.24) is 4.98 Å². The van der Waals surface area contributed by atoms with E-state index >= 15 is 0 Å². The predicted octanol–water partition coefficient (Wildman–Crippen LogP) is 3.92. The molecule has 0 fully saturated rings. The van der Waals surface area contributed by atoms with Gasteiger partial charge in [-0.15, -0.1) is 0 Å². The number of aryl methyl sites for hydroxylation is 1. The highest BCUT2D eigenvalue weighted by atomic mass is 16.5. The smallest absolute Gasteiger partial charge is 0.150 e. The van der Waals surface area contributed by atoms with Gasteiger partial charge in [-0.25, -0.2) is 4.98 Å². The molecule has 0 aliphatic rings. The van der Waals surface area contributed by atoms with E-state index in [4.69, 9.17) is 10.5 Å². The predicted molar refractivity (Wildman–Crippen MR) is 77.4 cm³/mol. The first-order chi connectivity index (χ1) is 9.24. The standard InChI is InChI=1S/C16H14N2O/c1-11-16(19-15-9-5-3-7-13(15)17)10-12-6-2-4-8-14(12)18-11/h2-10H,17H2,1H3. The maximum atomic E-state index is 5.89. The highest BCUT2D eigenvalue weighted by Gasteiger charge is 2.07. The van der Waals surface area contributed by atoms with Crippen molar-refractivity contribution in [3.63, 3.8) is 0 Å². The van der Waals surface area contributed by atoms with Gasteiger partial charge in [-0.3, -0.25) is 0 Å². The molecule has 2 aromatic carbocycles. The number of fused-ring (bicyclic) bond motifs is 1. The number of nitrogens with zero attached hydrogens (tertiary/aromatic N) is 1. The molecule has 3 heteroatoms. The van der Waals surface area contributed by atoms with Crippen LogP contribution in [0.2, 0.25) is 0 Å². The molecule has 3 rings (SSSR count). The number of hydrogen-bond acceptors (Lipinski definition) is 3. The van der Waals surface area contributed by atoms with Gasteiger partial charge in [0.25, 0.3) is 0 Å². The lowest BCUT2D eigenvalue weighted by Gasteiger charge is -2.11. The van der Waals surface area contributed by atoms with E-state index in [-0.39, 0.29) is 0 Å². The Morgan fingerprint density at radius 2 is 1.68 bits per heavy atom. The number of hydrogen-bond donors (Lipinski definition) is 1. The first-order valence-corrected chi connectivity index (χ1v) is 6.13. The average Bonchev–Trinajstić information content (AvgIpc) is 2.42. The maximum absolute atomic E-state index is 5.89. The molecular weight excluding hydrogens is 236 g/mol. The van der Waals surface area contributed by atoms with Crippen molar-refractivity contribution in [2.45, 2.75) is 6.92 Å². The topological polar surface area (TPSA) is 48.1 Å². The average molecular weight is 250 g/mol. The molecule has 0 atom stereocenters. The number of benzene rings is 2. The molecule has 0 amide bonds. The summed E-state index contributed by atoms with van der Waals surface area (Å²) in [5, 5.41) is 1.05. The normalized spacial score (nSPS) is 10.6. The lowest BCUT2D eigenvalue weighted by molar-refractivity contribution is 0.479. The van der Waals surface area contributed by atoms with Crippen molar-refractivity contribution in [1.29, 1.82) is 0 Å². The van der Waals surface area contributed by atoms with Crippen molar-refractivity contribution in [2.24, 2.45) is 0 Å². The summed E-state index contributed by atoms with van der Waals surface area (Å²) in [7, 11) is 0. The van der Waals surface area contributed by atoms with E-state index in [1.807, 2.05) is 61.5 Å². The van der Waals surface area contributed by atoms with Crippen molar-refractivity contribution >= 4 is 16.6 Å². The lowest BCUT2D eigenvalue weighted by atomic mass is 10.2. The van der Waals surface area contributed by atoms with Gasteiger partial charge in [0.2, 0.25) is 0 Å². The number of ether oxygens (including phenoxy) is 1. The van der Waals surface area contributed by atoms with E-state index < -0.39 is 0 Å². The number of nitrogen functional groups attached to an aromatic ring is 1. The molecule has 1 heterocycles. The van der Waals surface area contributed by atoms with Crippen LogP contribution in [0.3, 0.4) is 0 Å². The summed E-state index contributed by atoms with van der Waals surface area (Å²) >= 11 is 0. The minimum atomic E-state index is 0.620. The van der Waals surface area contributed by atoms with Crippen LogP contribution in [-0.4, -0.2) is 4.98 Å². The van der Waals surface area contributed by atoms with Gasteiger partial charge >= 0.3 is 0 Å². The molecule has 0 spiro atoms. The first kappa shape index (κ1) is 11.5. The van der Waals surface area contributed by atoms with E-state index in [0.29, 0.717) is 11.4 Å². The van der Waals surface area contributed by atoms with Crippen LogP contribution in [0.15, 0.2) is 54.6 Å². The van der Waals surface area contributed by atoms with Gasteiger partial charge in [0, 0.05) is 5.39 Å². The summed E-state index contributed by atoms with van der Waals surface area (Å²) in [4.78, 5) is 4.54. The van der Waals surface area contributed by atoms with Crippen LogP contribution < -0.4 is 10.5 Å². The summed E-state index contributed by atoms with van der Waals surface area (Å²) in [6.07, 6.45) is 0. The summed E-state index contributed by atoms with van der Waals surface area (Å²) in [6.45, 7) is 1.93. The zero-order valence-electron chi connectivity index (χ0n) is 10.6. The van der Waals surface area contributed by atoms with Crippen molar-refractivity contribution in [2.75, 3.05) is 5.73 Å². The van der Waals surface area contributed by atoms with Gasteiger partial charge in [-0.05, 0) is 31.2 Å². The number of aromatic nitrogens is 1. The number of para-hydroxylation sites is 3. The molecule has 0 unspecified atom stereocenters. The number of rotatable bonds is 2. The minimum Gasteiger partial charge on any atom is -0.453 e. The van der Waals surface area contributed by atoms with Crippen molar-refractivity contribution < 1.29 is 4.74 Å². The molecule has 0 bridgehead atoms. The monoisotopic (exact) mass is 250 g/mol. The Morgan fingerprint density at radius 1 is 0.947 bits per heavy atom. The molecule has 2 N–H and O–H groups in total. The molecule has 3 nitrogen and oxygen atoms in total. The zero-order chi connectivity index (χ0) is 13.2. The van der Waals surface area contributed by atoms with Gasteiger partial charge < -0.3 is 10.5 Å². The summed E-state index contributed by atoms with van der Waals surface area (Å²) in [6, 6.07) is 17.4. The van der Waals surface area contributed by atoms with Crippen LogP contribution in [0.25, 0.3) is 10.9 Å². The van der Waals surface area contributed by atoms with Gasteiger partial charge in [0.05, 0.1) is 16.9 Å². The summed E-state index contributed by atoms with van der Waals surface area (Å²) < 4.78 is 5.86. The van der Waals surface area contributed by atoms with Gasteiger partial charge in [0.1, 0.15) is 11.5 Å². The molecule has 19 heavy (non-hydrogen) atoms. The SMILES string of the molecule is Cc1nc2ccccc2cc1Oc1ccccc1N. The second-order valence-corrected chi connectivity index (χ2v) is 4.40. The van der Waals surface area contributed by atoms with Gasteiger partial charge in [0.15, 0.2) is 0 Å². The molecule has 0 saturated carbocycles. The van der Waals surface area contributed by atoms with Crippen LogP contribution in [0.1, 0.15) is 5.69 Å². The van der Waals surface area contributed by atoms with E-state index in [9.17, 15) is 0 Å². The summed E-state index contributed by atoms with van der Waals surface area (Å²) in [5.41, 5.74) is 8.32. The Morgan fingerprint density at radius 3 is 2.53 bits per heavy atom. The minimum absolute atomic E-state index is 0.620. The summed E-state index contributed by atoms with van der Waals surface area (Å²) in [5.74, 6) is 1.39. The Kier molecular flexibility index (Phi) is 2.80. The molecule has 3 aromatic rings. The highest BCUT2D eigenvalue weighted by molar-refractivity contribution is 5.80. The Hall–Kier alpha value is -2.55. The Bertz CT molecular complexity index is 738. The molecule has 94 valence electrons. The van der Waals surface area contributed by atoms with E-state index in [2.05, 4.69) is 4.98 Å². The quantitative estimate of drug-likeness (QED) is 0.701. The van der Waals surface area contributed by atoms with Crippen LogP contribution in [0.4, 0.5) is 5.69 Å². The lowest BCUT2D eigenvalue weighted by Crippen LogP contribution is -1.95. The maximum Gasteiger partial charge on any atom is 0.150 e. The van der Waals surface area contributed by atoms with Crippen LogP contribution in [0, 0.1) is 6.92 Å². The first-order valence-electron chi connectivity index (χ1n) is 6.13. The third-order valence-electron chi connectivity index (χ3n) is 3.01. The molecule has 0 saturated heterocycles. The van der Waals surface area contributed by atoms with Gasteiger partial charge in [-0.2, -0.15) is 0 Å². The third-order valence-corrected chi connectivity index (χ3v) is 3.01. The fraction of sp³-hybridized carbons (Fsp3) is 0.0625. The number of anilines is 1. The molecule has 0 radical (unpaired) electrons. The largest absolute Gasteiger partial charge is 0.453 e. The molecule has 0 aliphatic carbocycles. The van der Waals surface area contributed by atoms with Crippen molar-refractivity contribution in [3.05, 3.63) is 60.3 Å². The molecular formula is C16H14N2O. The second kappa shape index (κ2) is 4.61. The second-order valence-electron chi connectivity index (χ2n) is 4.40. The highest BCUT2D eigenvalue weighted by Crippen LogP contribution is 2.30. The molecule has 1 aromatic heterocycles. The fourth-order valence-corrected chi connectivity index (χ4v) is 1.99. The third kappa shape index (κ3) is 2.22. The van der Waals surface area contributed by atoms with Gasteiger partial charge in [-0.1, -0.05) is 30.3 Å². The Labute approximate surface area is 111 Å². The van der Waals surface area contributed by atoms with E-state index in [0.717, 1.165) is 22.3 Å². The van der Waals surface area contributed by atoms with Crippen LogP contribution >= 0.6 is 0 Å². The zero-order valence-corrected chi connectivity index (χ0v) is 10.6. The fourth-order valence-electron chi connectivity index (χ4n) is 1.99. The number of nitrogens with two attached hydrogens (primary N) is 1. The molecule has 0 aliphatic heterocycles.